The molecule has 0 saturated heterocycles. The normalized spacial score (nSPS) is 17.3. The number of hydrogen-bond donors (Lipinski definition) is 1. The third-order valence-corrected chi connectivity index (χ3v) is 6.33. The van der Waals surface area contributed by atoms with E-state index in [1.54, 1.807) is 4.68 Å². The van der Waals surface area contributed by atoms with Crippen molar-refractivity contribution < 1.29 is 13.7 Å². The van der Waals surface area contributed by atoms with Crippen LogP contribution >= 0.6 is 0 Å². The summed E-state index contributed by atoms with van der Waals surface area (Å²) in [6, 6.07) is -0.654. The number of aryl methyl sites for hydroxylation is 1. The Kier molecular flexibility index (Phi) is 5.86. The molecule has 0 spiro atoms. The van der Waals surface area contributed by atoms with Gasteiger partial charge in [0.05, 0.1) is 23.7 Å². The van der Waals surface area contributed by atoms with Crippen molar-refractivity contribution in [2.24, 2.45) is 10.3 Å². The lowest BCUT2D eigenvalue weighted by Crippen LogP contribution is -2.15. The number of urea groups is 1. The minimum Gasteiger partial charge on any atom is -0.479 e. The van der Waals surface area contributed by atoms with Gasteiger partial charge in [-0.2, -0.15) is 10.2 Å². The number of rotatable bonds is 6. The molecule has 2 amide bonds. The molecule has 0 aromatic carbocycles. The van der Waals surface area contributed by atoms with Crippen LogP contribution in [0.2, 0.25) is 0 Å². The molecule has 2 aliphatic rings. The highest BCUT2D eigenvalue weighted by Crippen LogP contribution is 2.36. The first-order chi connectivity index (χ1) is 14.3. The lowest BCUT2D eigenvalue weighted by molar-refractivity contribution is 0.225. The average molecular weight is 434 g/mol. The maximum Gasteiger partial charge on any atom is 0.322 e. The van der Waals surface area contributed by atoms with Crippen LogP contribution in [0, 0.1) is 5.92 Å². The van der Waals surface area contributed by atoms with Crippen LogP contribution in [0.25, 0.3) is 0 Å². The standard InChI is InChI=1S/C20H29N6O3S/c1-12(2)16-17(18(13(3)4)26(23-16)11-14-6-7-14)22-20(27)24-30(28)15-10-21-25-8-5-9-29-19(15)25/h10,12-14H,5-9,11H2,1-4H3,(H,22,27)/q-1. The number of aromatic nitrogens is 4. The molecule has 1 aliphatic heterocycles. The SMILES string of the molecule is CC(C)c1nn(CC2CC2)c(C(C)C)c1NC(=O)N=[S-](=O)c1cnn2c1OCCC2. The number of anilines is 1. The minimum atomic E-state index is -1.89. The Morgan fingerprint density at radius 1 is 1.33 bits per heavy atom. The Balaban J connectivity index is 1.62. The van der Waals surface area contributed by atoms with E-state index < -0.39 is 16.6 Å². The van der Waals surface area contributed by atoms with Crippen LogP contribution in [0.15, 0.2) is 15.5 Å². The van der Waals surface area contributed by atoms with E-state index in [4.69, 9.17) is 9.84 Å². The monoisotopic (exact) mass is 433 g/mol. The highest BCUT2D eigenvalue weighted by atomic mass is 32.2. The molecule has 30 heavy (non-hydrogen) atoms. The fraction of sp³-hybridized carbons (Fsp3) is 0.650. The van der Waals surface area contributed by atoms with Crippen LogP contribution < -0.4 is 10.1 Å². The number of ether oxygens (including phenoxy) is 1. The van der Waals surface area contributed by atoms with Crippen molar-refractivity contribution in [3.63, 3.8) is 0 Å². The predicted octanol–water partition coefficient (Wildman–Crippen LogP) is 4.26. The van der Waals surface area contributed by atoms with Crippen molar-refractivity contribution in [3.8, 4) is 5.88 Å². The highest BCUT2D eigenvalue weighted by molar-refractivity contribution is 7.75. The van der Waals surface area contributed by atoms with Gasteiger partial charge in [0.15, 0.2) is 5.88 Å². The molecule has 0 atom stereocenters. The van der Waals surface area contributed by atoms with Gasteiger partial charge in [0.1, 0.15) is 0 Å². The second kappa shape index (κ2) is 8.41. The van der Waals surface area contributed by atoms with E-state index >= 15 is 0 Å². The summed E-state index contributed by atoms with van der Waals surface area (Å²) in [4.78, 5) is 13.0. The largest absolute Gasteiger partial charge is 0.479 e. The molecule has 2 aromatic rings. The Morgan fingerprint density at radius 3 is 2.77 bits per heavy atom. The summed E-state index contributed by atoms with van der Waals surface area (Å²) in [5.41, 5.74) is 2.52. The molecule has 1 fully saturated rings. The Bertz CT molecular complexity index is 1030. The lowest BCUT2D eigenvalue weighted by Gasteiger charge is -2.17. The van der Waals surface area contributed by atoms with Crippen molar-refractivity contribution in [1.29, 1.82) is 0 Å². The van der Waals surface area contributed by atoms with Gasteiger partial charge in [-0.15, -0.1) is 10.6 Å². The lowest BCUT2D eigenvalue weighted by atomic mass is 10.0. The molecule has 0 unspecified atom stereocenters. The fourth-order valence-corrected chi connectivity index (χ4v) is 4.46. The second-order valence-electron chi connectivity index (χ2n) is 8.59. The second-order valence-corrected chi connectivity index (χ2v) is 9.71. The fourth-order valence-electron chi connectivity index (χ4n) is 3.72. The molecular formula is C20H29N6O3S-. The summed E-state index contributed by atoms with van der Waals surface area (Å²) in [5, 5.41) is 11.9. The predicted molar refractivity (Wildman–Crippen MR) is 113 cm³/mol. The summed E-state index contributed by atoms with van der Waals surface area (Å²) in [5.74, 6) is 1.41. The maximum atomic E-state index is 12.7. The van der Waals surface area contributed by atoms with Gasteiger partial charge in [0.25, 0.3) is 0 Å². The van der Waals surface area contributed by atoms with E-state index in [9.17, 15) is 9.00 Å². The zero-order chi connectivity index (χ0) is 21.4. The maximum absolute atomic E-state index is 12.7. The Morgan fingerprint density at radius 2 is 2.10 bits per heavy atom. The van der Waals surface area contributed by atoms with Crippen LogP contribution in [-0.4, -0.2) is 32.2 Å². The molecule has 2 aromatic heterocycles. The molecule has 0 radical (unpaired) electrons. The van der Waals surface area contributed by atoms with Gasteiger partial charge in [-0.25, -0.2) is 9.48 Å². The summed E-state index contributed by atoms with van der Waals surface area (Å²) < 4.78 is 25.8. The number of nitrogens with zero attached hydrogens (tertiary/aromatic N) is 5. The Hall–Kier alpha value is -2.36. The first-order valence-corrected chi connectivity index (χ1v) is 11.7. The molecule has 1 N–H and O–H groups in total. The zero-order valence-corrected chi connectivity index (χ0v) is 18.7. The zero-order valence-electron chi connectivity index (χ0n) is 17.9. The third-order valence-electron chi connectivity index (χ3n) is 5.34. The smallest absolute Gasteiger partial charge is 0.322 e. The van der Waals surface area contributed by atoms with Gasteiger partial charge < -0.3 is 18.6 Å². The molecule has 4 rings (SSSR count). The van der Waals surface area contributed by atoms with Crippen LogP contribution in [0.5, 0.6) is 5.88 Å². The van der Waals surface area contributed by atoms with Crippen molar-refractivity contribution in [1.82, 2.24) is 19.6 Å². The van der Waals surface area contributed by atoms with Crippen molar-refractivity contribution in [3.05, 3.63) is 17.6 Å². The number of carbonyl (C=O) groups is 1. The van der Waals surface area contributed by atoms with E-state index in [0.717, 1.165) is 24.4 Å². The highest BCUT2D eigenvalue weighted by Gasteiger charge is 2.28. The summed E-state index contributed by atoms with van der Waals surface area (Å²) in [6.45, 7) is 10.4. The molecule has 1 saturated carbocycles. The number of amides is 2. The van der Waals surface area contributed by atoms with Crippen molar-refractivity contribution >= 4 is 22.3 Å². The van der Waals surface area contributed by atoms with Crippen molar-refractivity contribution in [2.75, 3.05) is 11.9 Å². The van der Waals surface area contributed by atoms with Crippen LogP contribution in [0.1, 0.15) is 70.2 Å². The number of nitrogens with one attached hydrogen (secondary N) is 1. The average Bonchev–Trinajstić information content (AvgIpc) is 3.27. The molecular weight excluding hydrogens is 404 g/mol. The number of hydrogen-bond acceptors (Lipinski definition) is 6. The molecule has 164 valence electrons. The van der Waals surface area contributed by atoms with Gasteiger partial charge in [0, 0.05) is 25.7 Å². The summed E-state index contributed by atoms with van der Waals surface area (Å²) in [6.07, 6.45) is 4.75. The van der Waals surface area contributed by atoms with Crippen molar-refractivity contribution in [2.45, 2.75) is 76.8 Å². The quantitative estimate of drug-likeness (QED) is 0.686. The molecule has 9 nitrogen and oxygen atoms in total. The minimum absolute atomic E-state index is 0.139. The summed E-state index contributed by atoms with van der Waals surface area (Å²) in [7, 11) is -1.89. The molecule has 10 heteroatoms. The topological polar surface area (TPSA) is 103 Å². The first kappa shape index (κ1) is 20.9. The molecule has 0 bridgehead atoms. The molecule has 1 aliphatic carbocycles. The van der Waals surface area contributed by atoms with E-state index in [1.807, 2.05) is 4.68 Å². The molecule has 3 heterocycles. The van der Waals surface area contributed by atoms with Gasteiger partial charge in [-0.1, -0.05) is 27.7 Å². The Labute approximate surface area is 178 Å². The first-order valence-electron chi connectivity index (χ1n) is 10.6. The number of carbonyl (C=O) groups excluding carboxylic acids is 1. The van der Waals surface area contributed by atoms with Gasteiger partial charge in [0.2, 0.25) is 0 Å². The van der Waals surface area contributed by atoms with E-state index in [-0.39, 0.29) is 11.8 Å². The third kappa shape index (κ3) is 4.23. The van der Waals surface area contributed by atoms with Crippen LogP contribution in [-0.2, 0) is 27.9 Å². The van der Waals surface area contributed by atoms with Crippen LogP contribution in [0.3, 0.4) is 0 Å². The van der Waals surface area contributed by atoms with E-state index in [2.05, 4.69) is 42.5 Å². The summed E-state index contributed by atoms with van der Waals surface area (Å²) >= 11 is 0. The van der Waals surface area contributed by atoms with Gasteiger partial charge in [-0.05, 0) is 35.5 Å². The van der Waals surface area contributed by atoms with Gasteiger partial charge in [-0.3, -0.25) is 4.68 Å². The van der Waals surface area contributed by atoms with E-state index in [0.29, 0.717) is 35.5 Å². The number of fused-ring (bicyclic) bond motifs is 1. The van der Waals surface area contributed by atoms with Crippen LogP contribution in [0.4, 0.5) is 10.5 Å². The van der Waals surface area contributed by atoms with E-state index in [1.165, 1.54) is 19.0 Å². The van der Waals surface area contributed by atoms with Gasteiger partial charge >= 0.3 is 6.03 Å².